The molecule has 2 atom stereocenters. The van der Waals surface area contributed by atoms with Gasteiger partial charge in [0.1, 0.15) is 0 Å². The average molecular weight is 228 g/mol. The minimum Gasteiger partial charge on any atom is -0.314 e. The second-order valence-electron chi connectivity index (χ2n) is 5.15. The summed E-state index contributed by atoms with van der Waals surface area (Å²) in [5, 5.41) is 4.44. The fraction of sp³-hybridized carbons (Fsp3) is 1.00. The molecule has 3 heteroatoms. The first-order valence-electron chi connectivity index (χ1n) is 6.33. The van der Waals surface area contributed by atoms with Gasteiger partial charge in [-0.3, -0.25) is 4.90 Å². The van der Waals surface area contributed by atoms with E-state index in [0.717, 1.165) is 17.2 Å². The fourth-order valence-corrected chi connectivity index (χ4v) is 4.00. The van der Waals surface area contributed by atoms with Crippen LogP contribution in [0.3, 0.4) is 0 Å². The van der Waals surface area contributed by atoms with Crippen LogP contribution in [0.1, 0.15) is 26.7 Å². The SMILES string of the molecule is CC(C)C1CNCCN1CC1CCCS1. The summed E-state index contributed by atoms with van der Waals surface area (Å²) < 4.78 is 0. The molecule has 1 N–H and O–H groups in total. The first-order valence-corrected chi connectivity index (χ1v) is 7.38. The van der Waals surface area contributed by atoms with Crippen molar-refractivity contribution in [2.24, 2.45) is 5.92 Å². The van der Waals surface area contributed by atoms with E-state index >= 15 is 0 Å². The average Bonchev–Trinajstić information content (AvgIpc) is 2.71. The summed E-state index contributed by atoms with van der Waals surface area (Å²) in [6.45, 7) is 9.66. The van der Waals surface area contributed by atoms with Crippen LogP contribution in [0, 0.1) is 5.92 Å². The van der Waals surface area contributed by atoms with Gasteiger partial charge >= 0.3 is 0 Å². The highest BCUT2D eigenvalue weighted by molar-refractivity contribution is 8.00. The number of nitrogens with zero attached hydrogens (tertiary/aromatic N) is 1. The molecule has 0 saturated carbocycles. The van der Waals surface area contributed by atoms with Gasteiger partial charge in [-0.15, -0.1) is 0 Å². The molecule has 0 bridgehead atoms. The molecule has 0 aromatic rings. The zero-order valence-corrected chi connectivity index (χ0v) is 10.9. The maximum Gasteiger partial charge on any atom is 0.0244 e. The van der Waals surface area contributed by atoms with Gasteiger partial charge in [-0.25, -0.2) is 0 Å². The highest BCUT2D eigenvalue weighted by Crippen LogP contribution is 2.28. The molecule has 0 spiro atoms. The molecule has 2 heterocycles. The number of nitrogens with one attached hydrogen (secondary N) is 1. The monoisotopic (exact) mass is 228 g/mol. The smallest absolute Gasteiger partial charge is 0.0244 e. The van der Waals surface area contributed by atoms with Crippen LogP contribution in [0.25, 0.3) is 0 Å². The van der Waals surface area contributed by atoms with Crippen LogP contribution in [0.2, 0.25) is 0 Å². The maximum absolute atomic E-state index is 3.52. The minimum absolute atomic E-state index is 0.764. The molecule has 0 aliphatic carbocycles. The Balaban J connectivity index is 1.86. The molecule has 2 rings (SSSR count). The summed E-state index contributed by atoms with van der Waals surface area (Å²) in [5.41, 5.74) is 0. The highest BCUT2D eigenvalue weighted by Gasteiger charge is 2.28. The van der Waals surface area contributed by atoms with E-state index in [2.05, 4.69) is 35.8 Å². The van der Waals surface area contributed by atoms with Crippen molar-refractivity contribution in [2.45, 2.75) is 38.0 Å². The van der Waals surface area contributed by atoms with Gasteiger partial charge in [0.15, 0.2) is 0 Å². The third-order valence-electron chi connectivity index (χ3n) is 3.63. The number of piperazine rings is 1. The Morgan fingerprint density at radius 3 is 3.00 bits per heavy atom. The first kappa shape index (κ1) is 11.7. The Kier molecular flexibility index (Phi) is 4.35. The molecule has 2 fully saturated rings. The fourth-order valence-electron chi connectivity index (χ4n) is 2.70. The second kappa shape index (κ2) is 5.55. The molecule has 2 aliphatic rings. The lowest BCUT2D eigenvalue weighted by atomic mass is 10.00. The zero-order valence-electron chi connectivity index (χ0n) is 10.0. The van der Waals surface area contributed by atoms with Gasteiger partial charge in [0.05, 0.1) is 0 Å². The molecule has 0 aromatic heterocycles. The van der Waals surface area contributed by atoms with Gasteiger partial charge in [0.25, 0.3) is 0 Å². The lowest BCUT2D eigenvalue weighted by Crippen LogP contribution is -2.54. The van der Waals surface area contributed by atoms with E-state index in [-0.39, 0.29) is 0 Å². The van der Waals surface area contributed by atoms with E-state index < -0.39 is 0 Å². The zero-order chi connectivity index (χ0) is 10.7. The van der Waals surface area contributed by atoms with Gasteiger partial charge in [0.2, 0.25) is 0 Å². The maximum atomic E-state index is 3.52. The predicted molar refractivity (Wildman–Crippen MR) is 68.5 cm³/mol. The normalized spacial score (nSPS) is 33.8. The summed E-state index contributed by atoms with van der Waals surface area (Å²) in [6, 6.07) is 0.764. The van der Waals surface area contributed by atoms with Gasteiger partial charge in [-0.2, -0.15) is 11.8 Å². The standard InChI is InChI=1S/C12H24N2S/c1-10(2)12-8-13-5-6-14(12)9-11-4-3-7-15-11/h10-13H,3-9H2,1-2H3. The molecule has 0 aromatic carbocycles. The second-order valence-corrected chi connectivity index (χ2v) is 6.55. The lowest BCUT2D eigenvalue weighted by molar-refractivity contribution is 0.125. The Labute approximate surface area is 98.2 Å². The third kappa shape index (κ3) is 3.11. The van der Waals surface area contributed by atoms with E-state index in [0.29, 0.717) is 0 Å². The van der Waals surface area contributed by atoms with Crippen molar-refractivity contribution in [3.63, 3.8) is 0 Å². The molecular formula is C12H24N2S. The van der Waals surface area contributed by atoms with Gasteiger partial charge in [-0.05, 0) is 24.5 Å². The third-order valence-corrected chi connectivity index (χ3v) is 5.01. The van der Waals surface area contributed by atoms with Crippen LogP contribution in [0.5, 0.6) is 0 Å². The van der Waals surface area contributed by atoms with Gasteiger partial charge < -0.3 is 5.32 Å². The summed E-state index contributed by atoms with van der Waals surface area (Å²) in [4.78, 5) is 2.73. The van der Waals surface area contributed by atoms with E-state index in [9.17, 15) is 0 Å². The number of thioether (sulfide) groups is 1. The molecule has 2 aliphatic heterocycles. The van der Waals surface area contributed by atoms with Crippen LogP contribution in [-0.4, -0.2) is 48.1 Å². The molecule has 2 saturated heterocycles. The van der Waals surface area contributed by atoms with Crippen molar-refractivity contribution < 1.29 is 0 Å². The summed E-state index contributed by atoms with van der Waals surface area (Å²) in [5.74, 6) is 2.17. The van der Waals surface area contributed by atoms with E-state index in [1.165, 1.54) is 44.8 Å². The van der Waals surface area contributed by atoms with Gasteiger partial charge in [0, 0.05) is 37.5 Å². The van der Waals surface area contributed by atoms with E-state index in [1.54, 1.807) is 0 Å². The Morgan fingerprint density at radius 2 is 2.33 bits per heavy atom. The molecular weight excluding hydrogens is 204 g/mol. The summed E-state index contributed by atoms with van der Waals surface area (Å²) in [7, 11) is 0. The molecule has 2 unspecified atom stereocenters. The van der Waals surface area contributed by atoms with Crippen molar-refractivity contribution in [3.8, 4) is 0 Å². The van der Waals surface area contributed by atoms with Crippen molar-refractivity contribution >= 4 is 11.8 Å². The van der Waals surface area contributed by atoms with Crippen LogP contribution < -0.4 is 5.32 Å². The minimum atomic E-state index is 0.764. The van der Waals surface area contributed by atoms with Crippen LogP contribution >= 0.6 is 11.8 Å². The molecule has 15 heavy (non-hydrogen) atoms. The van der Waals surface area contributed by atoms with Crippen molar-refractivity contribution in [2.75, 3.05) is 31.9 Å². The number of rotatable bonds is 3. The largest absolute Gasteiger partial charge is 0.314 e. The Hall–Kier alpha value is 0.270. The highest BCUT2D eigenvalue weighted by atomic mass is 32.2. The van der Waals surface area contributed by atoms with Crippen molar-refractivity contribution in [1.29, 1.82) is 0 Å². The Bertz CT molecular complexity index is 190. The number of hydrogen-bond donors (Lipinski definition) is 1. The topological polar surface area (TPSA) is 15.3 Å². The van der Waals surface area contributed by atoms with E-state index in [4.69, 9.17) is 0 Å². The first-order chi connectivity index (χ1) is 7.27. The molecule has 2 nitrogen and oxygen atoms in total. The molecule has 0 amide bonds. The van der Waals surface area contributed by atoms with Crippen LogP contribution in [0.4, 0.5) is 0 Å². The Morgan fingerprint density at radius 1 is 1.47 bits per heavy atom. The van der Waals surface area contributed by atoms with Crippen LogP contribution in [-0.2, 0) is 0 Å². The van der Waals surface area contributed by atoms with Gasteiger partial charge in [-0.1, -0.05) is 13.8 Å². The van der Waals surface area contributed by atoms with Crippen LogP contribution in [0.15, 0.2) is 0 Å². The lowest BCUT2D eigenvalue weighted by Gasteiger charge is -2.39. The summed E-state index contributed by atoms with van der Waals surface area (Å²) >= 11 is 2.19. The van der Waals surface area contributed by atoms with Crippen molar-refractivity contribution in [1.82, 2.24) is 10.2 Å². The molecule has 88 valence electrons. The number of hydrogen-bond acceptors (Lipinski definition) is 3. The quantitative estimate of drug-likeness (QED) is 0.793. The van der Waals surface area contributed by atoms with E-state index in [1.807, 2.05) is 0 Å². The predicted octanol–water partition coefficient (Wildman–Crippen LogP) is 1.81. The molecule has 0 radical (unpaired) electrons. The summed E-state index contributed by atoms with van der Waals surface area (Å²) in [6.07, 6.45) is 2.88. The van der Waals surface area contributed by atoms with Crippen molar-refractivity contribution in [3.05, 3.63) is 0 Å².